The fourth-order valence-electron chi connectivity index (χ4n) is 2.14. The van der Waals surface area contributed by atoms with E-state index >= 15 is 0 Å². The SMILES string of the molecule is CCNC(=NCc1ccnc(N(C)C)c1)NCc1ccccc1Cl.I. The van der Waals surface area contributed by atoms with E-state index in [9.17, 15) is 0 Å². The average molecular weight is 474 g/mol. The molecule has 0 radical (unpaired) electrons. The second-order valence-corrected chi connectivity index (χ2v) is 5.96. The van der Waals surface area contributed by atoms with Gasteiger partial charge in [-0.1, -0.05) is 29.8 Å². The Kier molecular flexibility index (Phi) is 9.59. The molecule has 1 heterocycles. The van der Waals surface area contributed by atoms with E-state index in [2.05, 4.69) is 20.6 Å². The number of guanidine groups is 1. The number of rotatable bonds is 6. The van der Waals surface area contributed by atoms with Gasteiger partial charge < -0.3 is 15.5 Å². The van der Waals surface area contributed by atoms with Crippen molar-refractivity contribution in [2.75, 3.05) is 25.5 Å². The van der Waals surface area contributed by atoms with Gasteiger partial charge in [0, 0.05) is 38.4 Å². The number of hydrogen-bond donors (Lipinski definition) is 2. The van der Waals surface area contributed by atoms with Crippen molar-refractivity contribution in [3.63, 3.8) is 0 Å². The Morgan fingerprint density at radius 3 is 2.64 bits per heavy atom. The number of hydrogen-bond acceptors (Lipinski definition) is 3. The average Bonchev–Trinajstić information content (AvgIpc) is 2.59. The lowest BCUT2D eigenvalue weighted by molar-refractivity contribution is 0.816. The molecule has 0 aliphatic rings. The van der Waals surface area contributed by atoms with Crippen molar-refractivity contribution in [3.05, 3.63) is 58.7 Å². The van der Waals surface area contributed by atoms with Gasteiger partial charge in [-0.25, -0.2) is 9.98 Å². The van der Waals surface area contributed by atoms with Crippen LogP contribution in [0, 0.1) is 0 Å². The number of aliphatic imine (C=N–C) groups is 1. The molecule has 1 aromatic carbocycles. The summed E-state index contributed by atoms with van der Waals surface area (Å²) in [5, 5.41) is 7.32. The topological polar surface area (TPSA) is 52.6 Å². The molecule has 0 atom stereocenters. The molecule has 5 nitrogen and oxygen atoms in total. The summed E-state index contributed by atoms with van der Waals surface area (Å²) in [5.74, 6) is 1.69. The van der Waals surface area contributed by atoms with Crippen molar-refractivity contribution < 1.29 is 0 Å². The Bertz CT molecular complexity index is 691. The van der Waals surface area contributed by atoms with Gasteiger partial charge in [-0.2, -0.15) is 0 Å². The van der Waals surface area contributed by atoms with Crippen molar-refractivity contribution in [1.82, 2.24) is 15.6 Å². The third-order valence-corrected chi connectivity index (χ3v) is 3.80. The summed E-state index contributed by atoms with van der Waals surface area (Å²) >= 11 is 6.19. The minimum absolute atomic E-state index is 0. The van der Waals surface area contributed by atoms with Crippen LogP contribution in [0.15, 0.2) is 47.6 Å². The first-order chi connectivity index (χ1) is 11.6. The van der Waals surface area contributed by atoms with Gasteiger partial charge in [0.25, 0.3) is 0 Å². The summed E-state index contributed by atoms with van der Waals surface area (Å²) in [6, 6.07) is 11.8. The van der Waals surface area contributed by atoms with E-state index in [1.165, 1.54) is 0 Å². The zero-order valence-electron chi connectivity index (χ0n) is 14.8. The van der Waals surface area contributed by atoms with E-state index in [0.717, 1.165) is 34.5 Å². The molecule has 136 valence electrons. The highest BCUT2D eigenvalue weighted by atomic mass is 127. The molecule has 2 N–H and O–H groups in total. The molecule has 0 saturated heterocycles. The quantitative estimate of drug-likeness (QED) is 0.382. The van der Waals surface area contributed by atoms with Crippen LogP contribution in [0.3, 0.4) is 0 Å². The number of benzene rings is 1. The predicted octanol–water partition coefficient (Wildman–Crippen LogP) is 3.67. The first-order valence-corrected chi connectivity index (χ1v) is 8.35. The molecule has 7 heteroatoms. The van der Waals surface area contributed by atoms with Crippen LogP contribution in [0.2, 0.25) is 5.02 Å². The highest BCUT2D eigenvalue weighted by Gasteiger charge is 2.03. The lowest BCUT2D eigenvalue weighted by Crippen LogP contribution is -2.36. The Labute approximate surface area is 171 Å². The van der Waals surface area contributed by atoms with Crippen LogP contribution in [0.4, 0.5) is 5.82 Å². The van der Waals surface area contributed by atoms with Crippen LogP contribution in [0.25, 0.3) is 0 Å². The van der Waals surface area contributed by atoms with Gasteiger partial charge in [-0.15, -0.1) is 24.0 Å². The summed E-state index contributed by atoms with van der Waals surface area (Å²) < 4.78 is 0. The van der Waals surface area contributed by atoms with Gasteiger partial charge in [0.05, 0.1) is 6.54 Å². The normalized spacial score (nSPS) is 10.8. The largest absolute Gasteiger partial charge is 0.363 e. The van der Waals surface area contributed by atoms with E-state index in [4.69, 9.17) is 11.6 Å². The standard InChI is InChI=1S/C18H24ClN5.HI/c1-4-20-18(23-13-15-7-5-6-8-16(15)19)22-12-14-9-10-21-17(11-14)24(2)3;/h5-11H,4,12-13H2,1-3H3,(H2,20,22,23);1H. The van der Waals surface area contributed by atoms with Crippen LogP contribution in [-0.4, -0.2) is 31.6 Å². The number of nitrogens with one attached hydrogen (secondary N) is 2. The Morgan fingerprint density at radius 1 is 1.20 bits per heavy atom. The molecule has 0 amide bonds. The van der Waals surface area contributed by atoms with Crippen LogP contribution in [0.5, 0.6) is 0 Å². The zero-order chi connectivity index (χ0) is 17.4. The minimum atomic E-state index is 0. The van der Waals surface area contributed by atoms with Crippen molar-refractivity contribution >= 4 is 47.4 Å². The van der Waals surface area contributed by atoms with Gasteiger partial charge in [0.15, 0.2) is 5.96 Å². The zero-order valence-corrected chi connectivity index (χ0v) is 17.9. The van der Waals surface area contributed by atoms with E-state index in [0.29, 0.717) is 13.1 Å². The van der Waals surface area contributed by atoms with Crippen molar-refractivity contribution in [3.8, 4) is 0 Å². The van der Waals surface area contributed by atoms with E-state index in [1.807, 2.05) is 68.5 Å². The Balaban J connectivity index is 0.00000312. The maximum atomic E-state index is 6.19. The second kappa shape index (κ2) is 11.1. The van der Waals surface area contributed by atoms with Crippen LogP contribution in [0.1, 0.15) is 18.1 Å². The van der Waals surface area contributed by atoms with Crippen LogP contribution < -0.4 is 15.5 Å². The number of aromatic nitrogens is 1. The molecule has 0 bridgehead atoms. The number of nitrogens with zero attached hydrogens (tertiary/aromatic N) is 3. The number of pyridine rings is 1. The van der Waals surface area contributed by atoms with Crippen LogP contribution in [-0.2, 0) is 13.1 Å². The van der Waals surface area contributed by atoms with Gasteiger partial charge in [0.1, 0.15) is 5.82 Å². The lowest BCUT2D eigenvalue weighted by Gasteiger charge is -2.13. The fraction of sp³-hybridized carbons (Fsp3) is 0.333. The van der Waals surface area contributed by atoms with Crippen LogP contribution >= 0.6 is 35.6 Å². The minimum Gasteiger partial charge on any atom is -0.363 e. The van der Waals surface area contributed by atoms with Gasteiger partial charge in [0.2, 0.25) is 0 Å². The van der Waals surface area contributed by atoms with Crippen molar-refractivity contribution in [2.24, 2.45) is 4.99 Å². The molecule has 0 unspecified atom stereocenters. The molecule has 1 aromatic heterocycles. The third kappa shape index (κ3) is 7.07. The summed E-state index contributed by atoms with van der Waals surface area (Å²) in [4.78, 5) is 10.9. The molecular formula is C18H25ClIN5. The summed E-state index contributed by atoms with van der Waals surface area (Å²) in [7, 11) is 3.95. The third-order valence-electron chi connectivity index (χ3n) is 3.44. The van der Waals surface area contributed by atoms with E-state index < -0.39 is 0 Å². The summed E-state index contributed by atoms with van der Waals surface area (Å²) in [6.07, 6.45) is 1.81. The molecule has 0 saturated carbocycles. The fourth-order valence-corrected chi connectivity index (χ4v) is 2.34. The first kappa shape index (κ1) is 21.5. The maximum Gasteiger partial charge on any atom is 0.191 e. The number of halogens is 2. The lowest BCUT2D eigenvalue weighted by atomic mass is 10.2. The molecular weight excluding hydrogens is 449 g/mol. The molecule has 0 fully saturated rings. The summed E-state index contributed by atoms with van der Waals surface area (Å²) in [5.41, 5.74) is 2.16. The molecule has 0 aliphatic heterocycles. The Morgan fingerprint density at radius 2 is 1.96 bits per heavy atom. The molecule has 2 rings (SSSR count). The highest BCUT2D eigenvalue weighted by Crippen LogP contribution is 2.14. The van der Waals surface area contributed by atoms with E-state index in [1.54, 1.807) is 0 Å². The van der Waals surface area contributed by atoms with E-state index in [-0.39, 0.29) is 24.0 Å². The molecule has 2 aromatic rings. The second-order valence-electron chi connectivity index (χ2n) is 5.56. The van der Waals surface area contributed by atoms with Crippen molar-refractivity contribution in [2.45, 2.75) is 20.0 Å². The van der Waals surface area contributed by atoms with Gasteiger partial charge >= 0.3 is 0 Å². The molecule has 0 spiro atoms. The maximum absolute atomic E-state index is 6.19. The number of anilines is 1. The van der Waals surface area contributed by atoms with Crippen molar-refractivity contribution in [1.29, 1.82) is 0 Å². The predicted molar refractivity (Wildman–Crippen MR) is 117 cm³/mol. The summed E-state index contributed by atoms with van der Waals surface area (Å²) in [6.45, 7) is 4.06. The molecule has 0 aliphatic carbocycles. The smallest absolute Gasteiger partial charge is 0.191 e. The highest BCUT2D eigenvalue weighted by molar-refractivity contribution is 14.0. The monoisotopic (exact) mass is 473 g/mol. The van der Waals surface area contributed by atoms with Gasteiger partial charge in [-0.05, 0) is 36.2 Å². The first-order valence-electron chi connectivity index (χ1n) is 7.98. The molecule has 25 heavy (non-hydrogen) atoms. The van der Waals surface area contributed by atoms with Gasteiger partial charge in [-0.3, -0.25) is 0 Å². The Hall–Kier alpha value is -1.54.